The molecule has 0 aliphatic heterocycles. The molecule has 0 aromatic carbocycles. The summed E-state index contributed by atoms with van der Waals surface area (Å²) in [6, 6.07) is 0. The Balaban J connectivity index is 3.25. The molecule has 13 heavy (non-hydrogen) atoms. The largest absolute Gasteiger partial charge is 0.348 e. The molecule has 5 heteroatoms. The third-order valence-corrected chi connectivity index (χ3v) is 1.37. The van der Waals surface area contributed by atoms with Crippen molar-refractivity contribution in [1.82, 2.24) is 16.0 Å². The maximum Gasteiger partial charge on any atom is 0.234 e. The quantitative estimate of drug-likeness (QED) is 0.424. The van der Waals surface area contributed by atoms with E-state index in [1.165, 1.54) is 6.92 Å². The van der Waals surface area contributed by atoms with E-state index in [0.29, 0.717) is 0 Å². The molecule has 0 aromatic rings. The number of rotatable bonds is 7. The number of ketones is 1. The van der Waals surface area contributed by atoms with Crippen molar-refractivity contribution in [3.05, 3.63) is 0 Å². The first kappa shape index (κ1) is 12.1. The Bertz CT molecular complexity index is 171. The van der Waals surface area contributed by atoms with Gasteiger partial charge in [-0.3, -0.25) is 9.59 Å². The number of hydrogen-bond donors (Lipinski definition) is 3. The zero-order valence-electron chi connectivity index (χ0n) is 8.14. The second-order valence-corrected chi connectivity index (χ2v) is 2.76. The Hall–Kier alpha value is -0.940. The minimum absolute atomic E-state index is 0.0384. The summed E-state index contributed by atoms with van der Waals surface area (Å²) < 4.78 is 0. The van der Waals surface area contributed by atoms with Crippen molar-refractivity contribution in [2.75, 3.05) is 33.2 Å². The molecule has 0 atom stereocenters. The summed E-state index contributed by atoms with van der Waals surface area (Å²) in [5.74, 6) is -0.185. The highest BCUT2D eigenvalue weighted by molar-refractivity contribution is 5.85. The van der Waals surface area contributed by atoms with E-state index in [4.69, 9.17) is 0 Å². The van der Waals surface area contributed by atoms with E-state index in [-0.39, 0.29) is 24.8 Å². The van der Waals surface area contributed by atoms with Crippen LogP contribution in [0.1, 0.15) is 6.92 Å². The third-order valence-electron chi connectivity index (χ3n) is 1.37. The van der Waals surface area contributed by atoms with Crippen molar-refractivity contribution in [3.63, 3.8) is 0 Å². The minimum atomic E-state index is -0.147. The average molecular weight is 187 g/mol. The highest BCUT2D eigenvalue weighted by Crippen LogP contribution is 1.67. The monoisotopic (exact) mass is 187 g/mol. The van der Waals surface area contributed by atoms with Gasteiger partial charge in [0.15, 0.2) is 0 Å². The molecule has 0 aromatic heterocycles. The van der Waals surface area contributed by atoms with E-state index in [9.17, 15) is 9.59 Å². The van der Waals surface area contributed by atoms with Crippen LogP contribution in [0.25, 0.3) is 0 Å². The minimum Gasteiger partial charge on any atom is -0.348 e. The Morgan fingerprint density at radius 3 is 2.38 bits per heavy atom. The summed E-state index contributed by atoms with van der Waals surface area (Å²) in [5.41, 5.74) is 0. The van der Waals surface area contributed by atoms with Gasteiger partial charge >= 0.3 is 0 Å². The standard InChI is InChI=1S/C8H17N3O2/c1-7(12)5-11-8(13)6-10-4-3-9-2/h9-10H,3-6H2,1-2H3,(H,11,13). The van der Waals surface area contributed by atoms with Crippen LogP contribution < -0.4 is 16.0 Å². The summed E-state index contributed by atoms with van der Waals surface area (Å²) in [6.07, 6.45) is 0. The molecule has 0 aliphatic carbocycles. The average Bonchev–Trinajstić information content (AvgIpc) is 2.09. The molecule has 0 spiro atoms. The zero-order chi connectivity index (χ0) is 10.1. The van der Waals surface area contributed by atoms with Gasteiger partial charge in [-0.15, -0.1) is 0 Å². The van der Waals surface area contributed by atoms with Gasteiger partial charge in [0.1, 0.15) is 5.78 Å². The van der Waals surface area contributed by atoms with Crippen LogP contribution in [0.5, 0.6) is 0 Å². The fourth-order valence-electron chi connectivity index (χ4n) is 0.701. The lowest BCUT2D eigenvalue weighted by molar-refractivity contribution is -0.123. The molecule has 5 nitrogen and oxygen atoms in total. The predicted octanol–water partition coefficient (Wildman–Crippen LogP) is -1.50. The maximum atomic E-state index is 11.0. The lowest BCUT2D eigenvalue weighted by Crippen LogP contribution is -2.38. The van der Waals surface area contributed by atoms with Crippen LogP contribution in [0.4, 0.5) is 0 Å². The van der Waals surface area contributed by atoms with Gasteiger partial charge in [-0.25, -0.2) is 0 Å². The second kappa shape index (κ2) is 7.70. The van der Waals surface area contributed by atoms with Crippen molar-refractivity contribution in [2.24, 2.45) is 0 Å². The fourth-order valence-corrected chi connectivity index (χ4v) is 0.701. The summed E-state index contributed by atoms with van der Waals surface area (Å²) in [6.45, 7) is 3.38. The van der Waals surface area contributed by atoms with Crippen molar-refractivity contribution in [2.45, 2.75) is 6.92 Å². The first-order valence-electron chi connectivity index (χ1n) is 4.28. The molecule has 0 aliphatic rings. The number of nitrogens with one attached hydrogen (secondary N) is 3. The summed E-state index contributed by atoms with van der Waals surface area (Å²) in [7, 11) is 1.84. The molecule has 0 heterocycles. The summed E-state index contributed by atoms with van der Waals surface area (Å²) in [5, 5.41) is 8.35. The Morgan fingerprint density at radius 2 is 1.85 bits per heavy atom. The van der Waals surface area contributed by atoms with Gasteiger partial charge in [0.2, 0.25) is 5.91 Å². The van der Waals surface area contributed by atoms with Gasteiger partial charge < -0.3 is 16.0 Å². The Kier molecular flexibility index (Phi) is 7.14. The third kappa shape index (κ3) is 8.97. The van der Waals surface area contributed by atoms with E-state index >= 15 is 0 Å². The zero-order valence-corrected chi connectivity index (χ0v) is 8.14. The molecule has 0 saturated heterocycles. The number of carbonyl (C=O) groups excluding carboxylic acids is 2. The highest BCUT2D eigenvalue weighted by atomic mass is 16.2. The molecule has 0 bridgehead atoms. The van der Waals surface area contributed by atoms with Gasteiger partial charge in [-0.05, 0) is 14.0 Å². The lowest BCUT2D eigenvalue weighted by atomic mass is 10.4. The SMILES string of the molecule is CNCCNCC(=O)NCC(C)=O. The predicted molar refractivity (Wildman–Crippen MR) is 50.5 cm³/mol. The van der Waals surface area contributed by atoms with Crippen LogP contribution in [0.3, 0.4) is 0 Å². The van der Waals surface area contributed by atoms with Crippen molar-refractivity contribution in [3.8, 4) is 0 Å². The van der Waals surface area contributed by atoms with Crippen LogP contribution in [-0.2, 0) is 9.59 Å². The number of Topliss-reactive ketones (excluding diaryl/α,β-unsaturated/α-hetero) is 1. The van der Waals surface area contributed by atoms with Crippen LogP contribution in [0, 0.1) is 0 Å². The molecule has 0 radical (unpaired) electrons. The number of amides is 1. The molecular weight excluding hydrogens is 170 g/mol. The number of hydrogen-bond acceptors (Lipinski definition) is 4. The van der Waals surface area contributed by atoms with Crippen LogP contribution >= 0.6 is 0 Å². The first-order valence-corrected chi connectivity index (χ1v) is 4.28. The van der Waals surface area contributed by atoms with Gasteiger partial charge in [-0.1, -0.05) is 0 Å². The Labute approximate surface area is 78.3 Å². The van der Waals surface area contributed by atoms with E-state index in [1.54, 1.807) is 0 Å². The smallest absolute Gasteiger partial charge is 0.234 e. The summed E-state index contributed by atoms with van der Waals surface area (Å²) in [4.78, 5) is 21.4. The molecule has 76 valence electrons. The first-order chi connectivity index (χ1) is 6.16. The van der Waals surface area contributed by atoms with Gasteiger partial charge in [-0.2, -0.15) is 0 Å². The molecule has 0 saturated carbocycles. The summed E-state index contributed by atoms with van der Waals surface area (Å²) >= 11 is 0. The van der Waals surface area contributed by atoms with Crippen LogP contribution in [-0.4, -0.2) is 44.9 Å². The van der Waals surface area contributed by atoms with Crippen LogP contribution in [0.15, 0.2) is 0 Å². The fraction of sp³-hybridized carbons (Fsp3) is 0.750. The topological polar surface area (TPSA) is 70.2 Å². The molecular formula is C8H17N3O2. The Morgan fingerprint density at radius 1 is 1.15 bits per heavy atom. The maximum absolute atomic E-state index is 11.0. The highest BCUT2D eigenvalue weighted by Gasteiger charge is 2.00. The molecule has 3 N–H and O–H groups in total. The second-order valence-electron chi connectivity index (χ2n) is 2.76. The van der Waals surface area contributed by atoms with Gasteiger partial charge in [0.05, 0.1) is 13.1 Å². The molecule has 0 unspecified atom stereocenters. The van der Waals surface area contributed by atoms with E-state index < -0.39 is 0 Å². The van der Waals surface area contributed by atoms with Crippen molar-refractivity contribution >= 4 is 11.7 Å². The van der Waals surface area contributed by atoms with Crippen molar-refractivity contribution < 1.29 is 9.59 Å². The van der Waals surface area contributed by atoms with Gasteiger partial charge in [0.25, 0.3) is 0 Å². The molecule has 1 amide bonds. The molecule has 0 rings (SSSR count). The lowest BCUT2D eigenvalue weighted by Gasteiger charge is -2.04. The van der Waals surface area contributed by atoms with Crippen molar-refractivity contribution in [1.29, 1.82) is 0 Å². The number of likely N-dealkylation sites (N-methyl/N-ethyl adjacent to an activating group) is 1. The molecule has 0 fully saturated rings. The van der Waals surface area contributed by atoms with E-state index in [1.807, 2.05) is 7.05 Å². The van der Waals surface area contributed by atoms with Gasteiger partial charge in [0, 0.05) is 13.1 Å². The van der Waals surface area contributed by atoms with Crippen LogP contribution in [0.2, 0.25) is 0 Å². The normalized spacial score (nSPS) is 9.69. The van der Waals surface area contributed by atoms with E-state index in [0.717, 1.165) is 13.1 Å². The number of carbonyl (C=O) groups is 2. The van der Waals surface area contributed by atoms with E-state index in [2.05, 4.69) is 16.0 Å².